The highest BCUT2D eigenvalue weighted by Gasteiger charge is 2.11. The van der Waals surface area contributed by atoms with E-state index in [1.807, 2.05) is 13.8 Å². The first-order valence-corrected chi connectivity index (χ1v) is 8.24. The summed E-state index contributed by atoms with van der Waals surface area (Å²) in [5, 5.41) is 16.2. The molecule has 25 heavy (non-hydrogen) atoms. The molecule has 0 radical (unpaired) electrons. The number of nitrogens with one attached hydrogen (secondary N) is 2. The molecule has 2 aromatic rings. The van der Waals surface area contributed by atoms with Crippen molar-refractivity contribution in [3.63, 3.8) is 0 Å². The number of halogens is 1. The molecule has 0 aliphatic rings. The lowest BCUT2D eigenvalue weighted by Crippen LogP contribution is -2.42. The number of rotatable bonds is 8. The summed E-state index contributed by atoms with van der Waals surface area (Å²) in [6.45, 7) is 5.15. The zero-order valence-electron chi connectivity index (χ0n) is 14.4. The van der Waals surface area contributed by atoms with Crippen LogP contribution in [0.4, 0.5) is 4.39 Å². The number of aliphatic hydroxyl groups is 1. The number of benzene rings is 1. The van der Waals surface area contributed by atoms with Gasteiger partial charge in [0.2, 0.25) is 0 Å². The third kappa shape index (κ3) is 6.46. The van der Waals surface area contributed by atoms with E-state index in [-0.39, 0.29) is 18.5 Å². The molecule has 1 heterocycles. The topological polar surface area (TPSA) is 79.0 Å². The van der Waals surface area contributed by atoms with Gasteiger partial charge in [-0.05, 0) is 38.1 Å². The number of hydrogen-bond donors (Lipinski definition) is 3. The van der Waals surface area contributed by atoms with Crippen LogP contribution in [0.1, 0.15) is 25.7 Å². The molecular weight excluding hydrogens is 325 g/mol. The molecule has 0 spiro atoms. The van der Waals surface area contributed by atoms with E-state index in [1.54, 1.807) is 24.3 Å². The minimum atomic E-state index is -0.800. The normalized spacial score (nSPS) is 14.0. The van der Waals surface area contributed by atoms with E-state index in [0.29, 0.717) is 30.6 Å². The summed E-state index contributed by atoms with van der Waals surface area (Å²) < 4.78 is 24.0. The number of hydrogen-bond acceptors (Lipinski definition) is 4. The van der Waals surface area contributed by atoms with Crippen LogP contribution in [0.25, 0.3) is 0 Å². The molecule has 1 aromatic heterocycles. The number of furan rings is 1. The van der Waals surface area contributed by atoms with Gasteiger partial charge in [0.25, 0.3) is 0 Å². The van der Waals surface area contributed by atoms with Crippen molar-refractivity contribution < 1.29 is 18.7 Å². The Labute approximate surface area is 146 Å². The van der Waals surface area contributed by atoms with Crippen molar-refractivity contribution in [1.29, 1.82) is 0 Å². The molecular formula is C18H24FN3O3. The Hall–Kier alpha value is -2.54. The maximum Gasteiger partial charge on any atom is 0.191 e. The van der Waals surface area contributed by atoms with E-state index in [1.165, 1.54) is 18.4 Å². The van der Waals surface area contributed by atoms with Crippen molar-refractivity contribution in [3.8, 4) is 5.75 Å². The van der Waals surface area contributed by atoms with Crippen LogP contribution in [0, 0.1) is 5.82 Å². The van der Waals surface area contributed by atoms with Crippen molar-refractivity contribution in [2.45, 2.75) is 26.1 Å². The van der Waals surface area contributed by atoms with Crippen LogP contribution in [0.15, 0.2) is 52.1 Å². The van der Waals surface area contributed by atoms with Crippen molar-refractivity contribution >= 4 is 5.96 Å². The Kier molecular flexibility index (Phi) is 7.28. The molecule has 0 fully saturated rings. The molecule has 3 N–H and O–H groups in total. The van der Waals surface area contributed by atoms with Crippen molar-refractivity contribution in [2.24, 2.45) is 4.99 Å². The number of guanidine groups is 1. The second kappa shape index (κ2) is 9.68. The van der Waals surface area contributed by atoms with Crippen LogP contribution in [0.3, 0.4) is 0 Å². The second-order valence-electron chi connectivity index (χ2n) is 5.52. The summed E-state index contributed by atoms with van der Waals surface area (Å²) in [6.07, 6.45) is 0.518. The molecule has 0 saturated carbocycles. The summed E-state index contributed by atoms with van der Waals surface area (Å²) in [4.78, 5) is 4.33. The molecule has 0 aliphatic carbocycles. The van der Waals surface area contributed by atoms with E-state index >= 15 is 0 Å². The SMILES string of the molecule is CCNC(=NCC(O)c1ccco1)NCC(C)Oc1cccc(F)c1. The summed E-state index contributed by atoms with van der Waals surface area (Å²) in [6, 6.07) is 9.45. The molecule has 136 valence electrons. The Morgan fingerprint density at radius 2 is 2.16 bits per heavy atom. The Bertz CT molecular complexity index is 661. The Balaban J connectivity index is 1.84. The predicted octanol–water partition coefficient (Wildman–Crippen LogP) is 2.47. The molecule has 6 nitrogen and oxygen atoms in total. The Morgan fingerprint density at radius 1 is 1.32 bits per heavy atom. The predicted molar refractivity (Wildman–Crippen MR) is 94.1 cm³/mol. The van der Waals surface area contributed by atoms with Crippen molar-refractivity contribution in [3.05, 3.63) is 54.2 Å². The highest BCUT2D eigenvalue weighted by molar-refractivity contribution is 5.79. The van der Waals surface area contributed by atoms with Crippen LogP contribution >= 0.6 is 0 Å². The van der Waals surface area contributed by atoms with Gasteiger partial charge in [0, 0.05) is 12.6 Å². The largest absolute Gasteiger partial charge is 0.489 e. The molecule has 1 aromatic carbocycles. The number of ether oxygens (including phenoxy) is 1. The molecule has 0 saturated heterocycles. The van der Waals surface area contributed by atoms with E-state index in [4.69, 9.17) is 9.15 Å². The lowest BCUT2D eigenvalue weighted by atomic mass is 10.3. The van der Waals surface area contributed by atoms with Crippen molar-refractivity contribution in [1.82, 2.24) is 10.6 Å². The van der Waals surface area contributed by atoms with Crippen molar-refractivity contribution in [2.75, 3.05) is 19.6 Å². The number of aliphatic imine (C=N–C) groups is 1. The smallest absolute Gasteiger partial charge is 0.191 e. The average Bonchev–Trinajstić information content (AvgIpc) is 3.12. The maximum absolute atomic E-state index is 13.2. The van der Waals surface area contributed by atoms with Gasteiger partial charge in [-0.2, -0.15) is 0 Å². The summed E-state index contributed by atoms with van der Waals surface area (Å²) in [7, 11) is 0. The second-order valence-corrected chi connectivity index (χ2v) is 5.52. The van der Waals surface area contributed by atoms with Crippen LogP contribution in [0.2, 0.25) is 0 Å². The van der Waals surface area contributed by atoms with E-state index in [9.17, 15) is 9.50 Å². The third-order valence-electron chi connectivity index (χ3n) is 3.33. The van der Waals surface area contributed by atoms with Crippen LogP contribution in [-0.4, -0.2) is 36.8 Å². The quantitative estimate of drug-likeness (QED) is 0.504. The summed E-state index contributed by atoms with van der Waals surface area (Å²) >= 11 is 0. The first-order chi connectivity index (χ1) is 12.1. The van der Waals surface area contributed by atoms with Crippen LogP contribution in [-0.2, 0) is 0 Å². The van der Waals surface area contributed by atoms with Gasteiger partial charge >= 0.3 is 0 Å². The Morgan fingerprint density at radius 3 is 2.84 bits per heavy atom. The molecule has 0 amide bonds. The summed E-state index contributed by atoms with van der Waals surface area (Å²) in [5.41, 5.74) is 0. The van der Waals surface area contributed by atoms with E-state index < -0.39 is 6.10 Å². The number of aliphatic hydroxyl groups excluding tert-OH is 1. The van der Waals surface area contributed by atoms with Gasteiger partial charge in [-0.25, -0.2) is 4.39 Å². The first kappa shape index (κ1) is 18.8. The van der Waals surface area contributed by atoms with Gasteiger partial charge in [0.05, 0.1) is 19.4 Å². The lowest BCUT2D eigenvalue weighted by molar-refractivity contribution is 0.158. The molecule has 2 atom stereocenters. The van der Waals surface area contributed by atoms with E-state index in [2.05, 4.69) is 15.6 Å². The van der Waals surface area contributed by atoms with Gasteiger partial charge in [0.1, 0.15) is 29.5 Å². The van der Waals surface area contributed by atoms with Gasteiger partial charge in [-0.3, -0.25) is 4.99 Å². The molecule has 0 bridgehead atoms. The zero-order valence-corrected chi connectivity index (χ0v) is 14.4. The van der Waals surface area contributed by atoms with Crippen LogP contribution in [0.5, 0.6) is 5.75 Å². The highest BCUT2D eigenvalue weighted by atomic mass is 19.1. The first-order valence-electron chi connectivity index (χ1n) is 8.24. The van der Waals surface area contributed by atoms with Gasteiger partial charge in [-0.1, -0.05) is 6.07 Å². The van der Waals surface area contributed by atoms with E-state index in [0.717, 1.165) is 0 Å². The molecule has 2 unspecified atom stereocenters. The van der Waals surface area contributed by atoms with Gasteiger partial charge in [-0.15, -0.1) is 0 Å². The lowest BCUT2D eigenvalue weighted by Gasteiger charge is -2.18. The summed E-state index contributed by atoms with van der Waals surface area (Å²) in [5.74, 6) is 1.18. The monoisotopic (exact) mass is 349 g/mol. The molecule has 2 rings (SSSR count). The molecule has 7 heteroatoms. The highest BCUT2D eigenvalue weighted by Crippen LogP contribution is 2.14. The average molecular weight is 349 g/mol. The minimum Gasteiger partial charge on any atom is -0.489 e. The third-order valence-corrected chi connectivity index (χ3v) is 3.33. The maximum atomic E-state index is 13.2. The fourth-order valence-corrected chi connectivity index (χ4v) is 2.15. The van der Waals surface area contributed by atoms with Crippen LogP contribution < -0.4 is 15.4 Å². The molecule has 0 aliphatic heterocycles. The fourth-order valence-electron chi connectivity index (χ4n) is 2.15. The zero-order chi connectivity index (χ0) is 18.1. The van der Waals surface area contributed by atoms with Gasteiger partial charge < -0.3 is 24.9 Å². The van der Waals surface area contributed by atoms with Gasteiger partial charge in [0.15, 0.2) is 5.96 Å². The fraction of sp³-hybridized carbons (Fsp3) is 0.389. The standard InChI is InChI=1S/C18H24FN3O3/c1-3-20-18(22-12-16(23)17-8-5-9-24-17)21-11-13(2)25-15-7-4-6-14(19)10-15/h4-10,13,16,23H,3,11-12H2,1-2H3,(H2,20,21,22). The number of nitrogens with zero attached hydrogens (tertiary/aromatic N) is 1. The minimum absolute atomic E-state index is 0.169.